The van der Waals surface area contributed by atoms with Gasteiger partial charge in [0, 0.05) is 5.56 Å². The number of ketones is 1. The Morgan fingerprint density at radius 1 is 0.974 bits per heavy atom. The van der Waals surface area contributed by atoms with Crippen LogP contribution >= 0.6 is 11.3 Å². The maximum Gasteiger partial charge on any atom is 0.301 e. The zero-order valence-corrected chi connectivity index (χ0v) is 22.5. The summed E-state index contributed by atoms with van der Waals surface area (Å²) in [4.78, 5) is 33.0. The number of Topliss-reactive ketones (excluding diaryl/α,β-unsaturated/α-hetero) is 1. The molecule has 1 aromatic heterocycles. The number of carbonyl (C=O) groups excluding carboxylic acids is 2. The lowest BCUT2D eigenvalue weighted by atomic mass is 9.95. The van der Waals surface area contributed by atoms with E-state index in [-0.39, 0.29) is 11.3 Å². The van der Waals surface area contributed by atoms with E-state index in [0.29, 0.717) is 22.9 Å². The first kappa shape index (κ1) is 25.7. The number of ether oxygens (including phenoxy) is 1. The van der Waals surface area contributed by atoms with Crippen molar-refractivity contribution in [1.82, 2.24) is 4.98 Å². The number of aliphatic hydroxyl groups is 1. The number of carbonyl (C=O) groups is 2. The van der Waals surface area contributed by atoms with Gasteiger partial charge in [-0.15, -0.1) is 0 Å². The van der Waals surface area contributed by atoms with Gasteiger partial charge in [0.15, 0.2) is 5.13 Å². The molecule has 0 aliphatic carbocycles. The van der Waals surface area contributed by atoms with Crippen molar-refractivity contribution in [3.63, 3.8) is 0 Å². The van der Waals surface area contributed by atoms with E-state index < -0.39 is 17.7 Å². The fourth-order valence-electron chi connectivity index (χ4n) is 4.62. The van der Waals surface area contributed by atoms with E-state index in [0.717, 1.165) is 46.4 Å². The van der Waals surface area contributed by atoms with Crippen molar-refractivity contribution in [2.75, 3.05) is 11.5 Å². The molecule has 1 saturated heterocycles. The molecule has 4 aromatic rings. The maximum atomic E-state index is 13.5. The molecule has 0 bridgehead atoms. The van der Waals surface area contributed by atoms with E-state index in [2.05, 4.69) is 6.92 Å². The third-order valence-corrected chi connectivity index (χ3v) is 7.74. The van der Waals surface area contributed by atoms with Crippen molar-refractivity contribution in [2.24, 2.45) is 0 Å². The molecule has 6 nitrogen and oxygen atoms in total. The number of amides is 1. The first-order valence-corrected chi connectivity index (χ1v) is 13.7. The smallest absolute Gasteiger partial charge is 0.301 e. The Morgan fingerprint density at radius 2 is 1.68 bits per heavy atom. The van der Waals surface area contributed by atoms with Crippen LogP contribution in [0.15, 0.2) is 72.3 Å². The number of fused-ring (bicyclic) bond motifs is 1. The summed E-state index contributed by atoms with van der Waals surface area (Å²) in [5.74, 6) is -0.925. The van der Waals surface area contributed by atoms with E-state index in [4.69, 9.17) is 9.72 Å². The molecule has 0 spiro atoms. The zero-order valence-electron chi connectivity index (χ0n) is 21.7. The molecule has 1 unspecified atom stereocenters. The second-order valence-electron chi connectivity index (χ2n) is 9.63. The van der Waals surface area contributed by atoms with Gasteiger partial charge in [0.25, 0.3) is 5.78 Å². The summed E-state index contributed by atoms with van der Waals surface area (Å²) in [5.41, 5.74) is 4.08. The number of benzene rings is 3. The summed E-state index contributed by atoms with van der Waals surface area (Å²) >= 11 is 1.36. The first-order valence-electron chi connectivity index (χ1n) is 12.9. The molecule has 0 radical (unpaired) electrons. The van der Waals surface area contributed by atoms with Crippen molar-refractivity contribution in [3.05, 3.63) is 94.6 Å². The van der Waals surface area contributed by atoms with Crippen LogP contribution in [0, 0.1) is 13.8 Å². The van der Waals surface area contributed by atoms with Gasteiger partial charge in [-0.1, -0.05) is 79.1 Å². The number of anilines is 1. The molecule has 1 atom stereocenters. The lowest BCUT2D eigenvalue weighted by Crippen LogP contribution is -2.29. The number of rotatable bonds is 8. The molecule has 1 N–H and O–H groups in total. The van der Waals surface area contributed by atoms with Gasteiger partial charge in [-0.05, 0) is 55.7 Å². The number of aliphatic hydroxyl groups excluding tert-OH is 1. The van der Waals surface area contributed by atoms with Gasteiger partial charge in [-0.2, -0.15) is 0 Å². The predicted molar refractivity (Wildman–Crippen MR) is 152 cm³/mol. The third-order valence-electron chi connectivity index (χ3n) is 6.72. The second-order valence-corrected chi connectivity index (χ2v) is 10.6. The number of aromatic nitrogens is 1. The number of unbranched alkanes of at least 4 members (excludes halogenated alkanes) is 2. The molecule has 1 fully saturated rings. The maximum absolute atomic E-state index is 13.5. The van der Waals surface area contributed by atoms with Gasteiger partial charge >= 0.3 is 5.91 Å². The minimum Gasteiger partial charge on any atom is -0.507 e. The van der Waals surface area contributed by atoms with Gasteiger partial charge in [-0.25, -0.2) is 4.98 Å². The molecule has 7 heteroatoms. The highest BCUT2D eigenvalue weighted by molar-refractivity contribution is 7.22. The highest BCUT2D eigenvalue weighted by Crippen LogP contribution is 2.44. The average molecular weight is 527 g/mol. The highest BCUT2D eigenvalue weighted by Gasteiger charge is 2.48. The summed E-state index contributed by atoms with van der Waals surface area (Å²) in [6, 6.07) is 19.7. The van der Waals surface area contributed by atoms with E-state index in [1.165, 1.54) is 16.2 Å². The third kappa shape index (κ3) is 4.94. The number of aryl methyl sites for hydroxylation is 2. The van der Waals surface area contributed by atoms with Crippen LogP contribution in [-0.2, 0) is 9.59 Å². The van der Waals surface area contributed by atoms with Crippen LogP contribution in [0.4, 0.5) is 5.13 Å². The van der Waals surface area contributed by atoms with Gasteiger partial charge in [0.05, 0.1) is 28.4 Å². The second kappa shape index (κ2) is 10.8. The van der Waals surface area contributed by atoms with Crippen molar-refractivity contribution < 1.29 is 19.4 Å². The van der Waals surface area contributed by atoms with E-state index >= 15 is 0 Å². The summed E-state index contributed by atoms with van der Waals surface area (Å²) in [6.07, 6.45) is 3.20. The number of hydrogen-bond acceptors (Lipinski definition) is 6. The number of thiazole rings is 1. The Morgan fingerprint density at radius 3 is 2.39 bits per heavy atom. The largest absolute Gasteiger partial charge is 0.507 e. The minimum absolute atomic E-state index is 0.0471. The molecule has 38 heavy (non-hydrogen) atoms. The van der Waals surface area contributed by atoms with Crippen LogP contribution in [0.2, 0.25) is 0 Å². The molecule has 2 heterocycles. The predicted octanol–water partition coefficient (Wildman–Crippen LogP) is 7.11. The monoisotopic (exact) mass is 526 g/mol. The summed E-state index contributed by atoms with van der Waals surface area (Å²) < 4.78 is 6.79. The lowest BCUT2D eigenvalue weighted by molar-refractivity contribution is -0.132. The fourth-order valence-corrected chi connectivity index (χ4v) is 5.71. The van der Waals surface area contributed by atoms with Crippen LogP contribution in [-0.4, -0.2) is 28.4 Å². The van der Waals surface area contributed by atoms with Crippen LogP contribution in [0.5, 0.6) is 5.75 Å². The average Bonchev–Trinajstić information content (AvgIpc) is 3.44. The Labute approximate surface area is 226 Å². The van der Waals surface area contributed by atoms with Crippen LogP contribution in [0.3, 0.4) is 0 Å². The topological polar surface area (TPSA) is 79.7 Å². The standard InChI is InChI=1S/C31H30N2O4S/c1-4-5-6-17-37-23-14-12-21(13-15-23)27-26(28(34)22-10-7-19(2)8-11-22)29(35)30(36)33(27)31-32-24-16-9-20(3)18-25(24)38-31/h7-16,18,27,34H,4-6,17H2,1-3H3. The van der Waals surface area contributed by atoms with E-state index in [1.807, 2.05) is 68.4 Å². The van der Waals surface area contributed by atoms with Crippen molar-refractivity contribution >= 4 is 44.1 Å². The normalized spacial score (nSPS) is 16.9. The molecule has 3 aromatic carbocycles. The molecule has 5 rings (SSSR count). The van der Waals surface area contributed by atoms with Crippen LogP contribution < -0.4 is 9.64 Å². The fraction of sp³-hybridized carbons (Fsp3) is 0.258. The molecular formula is C31H30N2O4S. The molecule has 194 valence electrons. The molecule has 1 aliphatic rings. The SMILES string of the molecule is CCCCCOc1ccc(C2C(=C(O)c3ccc(C)cc3)C(=O)C(=O)N2c2nc3ccc(C)cc3s2)cc1. The Hall–Kier alpha value is -3.97. The quantitative estimate of drug-likeness (QED) is 0.115. The Balaban J connectivity index is 1.60. The summed E-state index contributed by atoms with van der Waals surface area (Å²) in [5, 5.41) is 11.7. The van der Waals surface area contributed by atoms with Gasteiger partial charge < -0.3 is 9.84 Å². The first-order chi connectivity index (χ1) is 18.4. The minimum atomic E-state index is -0.827. The highest BCUT2D eigenvalue weighted by atomic mass is 32.1. The number of hydrogen-bond donors (Lipinski definition) is 1. The van der Waals surface area contributed by atoms with Crippen molar-refractivity contribution in [3.8, 4) is 5.75 Å². The van der Waals surface area contributed by atoms with Crippen LogP contribution in [0.25, 0.3) is 16.0 Å². The van der Waals surface area contributed by atoms with E-state index in [9.17, 15) is 14.7 Å². The lowest BCUT2D eigenvalue weighted by Gasteiger charge is -2.23. The van der Waals surface area contributed by atoms with Crippen LogP contribution in [0.1, 0.15) is 54.5 Å². The van der Waals surface area contributed by atoms with Crippen molar-refractivity contribution in [2.45, 2.75) is 46.1 Å². The summed E-state index contributed by atoms with van der Waals surface area (Å²) in [7, 11) is 0. The van der Waals surface area contributed by atoms with Gasteiger partial charge in [-0.3, -0.25) is 14.5 Å². The molecule has 0 saturated carbocycles. The van der Waals surface area contributed by atoms with Crippen molar-refractivity contribution in [1.29, 1.82) is 0 Å². The van der Waals surface area contributed by atoms with Gasteiger partial charge in [0.1, 0.15) is 11.5 Å². The molecule has 1 amide bonds. The van der Waals surface area contributed by atoms with Gasteiger partial charge in [0.2, 0.25) is 0 Å². The Kier molecular flexibility index (Phi) is 7.29. The molecule has 1 aliphatic heterocycles. The molecular weight excluding hydrogens is 496 g/mol. The summed E-state index contributed by atoms with van der Waals surface area (Å²) in [6.45, 7) is 6.72. The van der Waals surface area contributed by atoms with E-state index in [1.54, 1.807) is 12.1 Å². The Bertz CT molecular complexity index is 1520. The zero-order chi connectivity index (χ0) is 26.8. The number of nitrogens with zero attached hydrogens (tertiary/aromatic N) is 2.